The van der Waals surface area contributed by atoms with E-state index in [1.807, 2.05) is 0 Å². The lowest BCUT2D eigenvalue weighted by molar-refractivity contribution is -0.149. The van der Waals surface area contributed by atoms with E-state index in [2.05, 4.69) is 0 Å². The van der Waals surface area contributed by atoms with E-state index in [1.165, 1.54) is 24.7 Å². The third kappa shape index (κ3) is 2.72. The quantitative estimate of drug-likeness (QED) is 0.651. The largest absolute Gasteiger partial charge is 0.481 e. The summed E-state index contributed by atoms with van der Waals surface area (Å²) >= 11 is 0. The summed E-state index contributed by atoms with van der Waals surface area (Å²) in [4.78, 5) is 23.4. The first-order chi connectivity index (χ1) is 6.02. The standard InChI is InChI=1S/C9H15NO3/c1-6(9(12)13)8(11)10(2)5-7-3-4-7/h6-7H,3-5H2,1-2H3,(H,12,13). The lowest BCUT2D eigenvalue weighted by atomic mass is 10.1. The van der Waals surface area contributed by atoms with Crippen LogP contribution < -0.4 is 0 Å². The van der Waals surface area contributed by atoms with Crippen molar-refractivity contribution in [2.45, 2.75) is 19.8 Å². The van der Waals surface area contributed by atoms with Gasteiger partial charge in [-0.05, 0) is 25.7 Å². The first-order valence-corrected chi connectivity index (χ1v) is 4.50. The third-order valence-electron chi connectivity index (χ3n) is 2.35. The van der Waals surface area contributed by atoms with Crippen molar-refractivity contribution in [2.75, 3.05) is 13.6 Å². The van der Waals surface area contributed by atoms with Crippen molar-refractivity contribution in [1.82, 2.24) is 4.90 Å². The van der Waals surface area contributed by atoms with Gasteiger partial charge in [-0.25, -0.2) is 0 Å². The zero-order chi connectivity index (χ0) is 10.0. The molecule has 0 spiro atoms. The van der Waals surface area contributed by atoms with E-state index in [9.17, 15) is 9.59 Å². The van der Waals surface area contributed by atoms with Crippen molar-refractivity contribution >= 4 is 11.9 Å². The first-order valence-electron chi connectivity index (χ1n) is 4.50. The Kier molecular flexibility index (Phi) is 2.90. The van der Waals surface area contributed by atoms with Crippen molar-refractivity contribution in [2.24, 2.45) is 11.8 Å². The number of carbonyl (C=O) groups is 2. The molecule has 13 heavy (non-hydrogen) atoms. The third-order valence-corrected chi connectivity index (χ3v) is 2.35. The van der Waals surface area contributed by atoms with E-state index < -0.39 is 11.9 Å². The van der Waals surface area contributed by atoms with Gasteiger partial charge in [-0.3, -0.25) is 9.59 Å². The maximum atomic E-state index is 11.4. The number of hydrogen-bond acceptors (Lipinski definition) is 2. The topological polar surface area (TPSA) is 57.6 Å². The second kappa shape index (κ2) is 3.77. The summed E-state index contributed by atoms with van der Waals surface area (Å²) in [5.41, 5.74) is 0. The minimum atomic E-state index is -1.05. The number of carboxylic acid groups (broad SMARTS) is 1. The number of rotatable bonds is 4. The van der Waals surface area contributed by atoms with Crippen LogP contribution in [0.15, 0.2) is 0 Å². The Balaban J connectivity index is 2.39. The maximum absolute atomic E-state index is 11.4. The molecule has 1 N–H and O–H groups in total. The van der Waals surface area contributed by atoms with Gasteiger partial charge in [0.1, 0.15) is 5.92 Å². The number of carboxylic acids is 1. The molecule has 1 amide bonds. The smallest absolute Gasteiger partial charge is 0.315 e. The summed E-state index contributed by atoms with van der Waals surface area (Å²) in [6, 6.07) is 0. The van der Waals surface area contributed by atoms with Gasteiger partial charge < -0.3 is 10.0 Å². The van der Waals surface area contributed by atoms with Gasteiger partial charge in [0.15, 0.2) is 0 Å². The monoisotopic (exact) mass is 185 g/mol. The number of hydrogen-bond donors (Lipinski definition) is 1. The lowest BCUT2D eigenvalue weighted by Crippen LogP contribution is -2.36. The normalized spacial score (nSPS) is 18.0. The van der Waals surface area contributed by atoms with E-state index in [4.69, 9.17) is 5.11 Å². The van der Waals surface area contributed by atoms with E-state index in [0.29, 0.717) is 12.5 Å². The molecule has 0 aromatic heterocycles. The van der Waals surface area contributed by atoms with E-state index >= 15 is 0 Å². The molecule has 0 heterocycles. The highest BCUT2D eigenvalue weighted by Gasteiger charge is 2.29. The van der Waals surface area contributed by atoms with Crippen LogP contribution in [0.2, 0.25) is 0 Å². The van der Waals surface area contributed by atoms with Gasteiger partial charge in [-0.2, -0.15) is 0 Å². The maximum Gasteiger partial charge on any atom is 0.315 e. The lowest BCUT2D eigenvalue weighted by Gasteiger charge is -2.18. The molecule has 0 aliphatic heterocycles. The van der Waals surface area contributed by atoms with Gasteiger partial charge in [0.05, 0.1) is 0 Å². The average Bonchev–Trinajstić information content (AvgIpc) is 2.85. The van der Waals surface area contributed by atoms with Crippen LogP contribution in [0.3, 0.4) is 0 Å². The molecule has 1 saturated carbocycles. The number of amides is 1. The molecule has 0 aromatic carbocycles. The Morgan fingerprint density at radius 1 is 1.54 bits per heavy atom. The molecule has 4 heteroatoms. The highest BCUT2D eigenvalue weighted by Crippen LogP contribution is 2.29. The van der Waals surface area contributed by atoms with E-state index in [-0.39, 0.29) is 5.91 Å². The molecule has 4 nitrogen and oxygen atoms in total. The molecule has 1 aliphatic rings. The van der Waals surface area contributed by atoms with Crippen LogP contribution >= 0.6 is 0 Å². The molecule has 1 atom stereocenters. The van der Waals surface area contributed by atoms with Gasteiger partial charge in [-0.15, -0.1) is 0 Å². The summed E-state index contributed by atoms with van der Waals surface area (Å²) in [7, 11) is 1.67. The summed E-state index contributed by atoms with van der Waals surface area (Å²) in [6.07, 6.45) is 2.33. The van der Waals surface area contributed by atoms with E-state index in [1.54, 1.807) is 7.05 Å². The first kappa shape index (κ1) is 10.0. The van der Waals surface area contributed by atoms with Crippen LogP contribution in [0, 0.1) is 11.8 Å². The summed E-state index contributed by atoms with van der Waals surface area (Å²) < 4.78 is 0. The van der Waals surface area contributed by atoms with Crippen molar-refractivity contribution in [3.8, 4) is 0 Å². The zero-order valence-electron chi connectivity index (χ0n) is 7.99. The minimum absolute atomic E-state index is 0.292. The second-order valence-electron chi connectivity index (χ2n) is 3.72. The fourth-order valence-electron chi connectivity index (χ4n) is 1.21. The second-order valence-corrected chi connectivity index (χ2v) is 3.72. The molecule has 1 unspecified atom stereocenters. The van der Waals surface area contributed by atoms with Crippen LogP contribution in [0.4, 0.5) is 0 Å². The van der Waals surface area contributed by atoms with Gasteiger partial charge in [0.25, 0.3) is 0 Å². The molecule has 0 radical (unpaired) electrons. The fraction of sp³-hybridized carbons (Fsp3) is 0.778. The molecule has 0 bridgehead atoms. The predicted molar refractivity (Wildman–Crippen MR) is 47.2 cm³/mol. The zero-order valence-corrected chi connectivity index (χ0v) is 7.99. The molecule has 1 fully saturated rings. The minimum Gasteiger partial charge on any atom is -0.481 e. The van der Waals surface area contributed by atoms with Crippen molar-refractivity contribution < 1.29 is 14.7 Å². The Morgan fingerprint density at radius 3 is 2.46 bits per heavy atom. The van der Waals surface area contributed by atoms with Crippen LogP contribution in [0.25, 0.3) is 0 Å². The molecule has 1 aliphatic carbocycles. The fourth-order valence-corrected chi connectivity index (χ4v) is 1.21. The molecular weight excluding hydrogens is 170 g/mol. The molecular formula is C9H15NO3. The van der Waals surface area contributed by atoms with Crippen molar-refractivity contribution in [3.63, 3.8) is 0 Å². The highest BCUT2D eigenvalue weighted by molar-refractivity contribution is 5.96. The van der Waals surface area contributed by atoms with Gasteiger partial charge >= 0.3 is 5.97 Å². The molecule has 0 aromatic rings. The van der Waals surface area contributed by atoms with Crippen LogP contribution in [-0.2, 0) is 9.59 Å². The Morgan fingerprint density at radius 2 is 2.08 bits per heavy atom. The SMILES string of the molecule is CC(C(=O)O)C(=O)N(C)CC1CC1. The predicted octanol–water partition coefficient (Wildman–Crippen LogP) is 0.575. The average molecular weight is 185 g/mol. The number of carbonyl (C=O) groups excluding carboxylic acids is 1. The summed E-state index contributed by atoms with van der Waals surface area (Å²) in [5, 5.41) is 8.60. The molecule has 1 rings (SSSR count). The number of nitrogens with zero attached hydrogens (tertiary/aromatic N) is 1. The number of aliphatic carboxylic acids is 1. The van der Waals surface area contributed by atoms with Crippen molar-refractivity contribution in [3.05, 3.63) is 0 Å². The van der Waals surface area contributed by atoms with Gasteiger partial charge in [-0.1, -0.05) is 0 Å². The van der Waals surface area contributed by atoms with E-state index in [0.717, 1.165) is 0 Å². The van der Waals surface area contributed by atoms with Crippen LogP contribution in [0.1, 0.15) is 19.8 Å². The van der Waals surface area contributed by atoms with Crippen LogP contribution in [0.5, 0.6) is 0 Å². The molecule has 0 saturated heterocycles. The summed E-state index contributed by atoms with van der Waals surface area (Å²) in [5.74, 6) is -1.65. The highest BCUT2D eigenvalue weighted by atomic mass is 16.4. The van der Waals surface area contributed by atoms with Crippen molar-refractivity contribution in [1.29, 1.82) is 0 Å². The van der Waals surface area contributed by atoms with Gasteiger partial charge in [0.2, 0.25) is 5.91 Å². The van der Waals surface area contributed by atoms with Crippen LogP contribution in [-0.4, -0.2) is 35.5 Å². The Labute approximate surface area is 77.5 Å². The molecule has 74 valence electrons. The Hall–Kier alpha value is -1.06. The summed E-state index contributed by atoms with van der Waals surface area (Å²) in [6.45, 7) is 2.13. The Bertz CT molecular complexity index is 223. The van der Waals surface area contributed by atoms with Gasteiger partial charge in [0, 0.05) is 13.6 Å².